The minimum Gasteiger partial charge on any atom is -0.490 e. The van der Waals surface area contributed by atoms with Crippen molar-refractivity contribution in [1.82, 2.24) is 0 Å². The number of hydrogen-bond acceptors (Lipinski definition) is 3. The zero-order valence-corrected chi connectivity index (χ0v) is 14.9. The normalized spacial score (nSPS) is 15.6. The van der Waals surface area contributed by atoms with E-state index < -0.39 is 0 Å². The minimum absolute atomic E-state index is 0.0763. The largest absolute Gasteiger partial charge is 0.490 e. The number of ether oxygens (including phenoxy) is 2. The first-order valence-corrected chi connectivity index (χ1v) is 9.11. The molecule has 0 radical (unpaired) electrons. The smallest absolute Gasteiger partial charge is 0.162 e. The van der Waals surface area contributed by atoms with Gasteiger partial charge in [-0.05, 0) is 30.2 Å². The average molecular weight is 388 g/mol. The van der Waals surface area contributed by atoms with Crippen LogP contribution in [0, 0.1) is 0 Å². The van der Waals surface area contributed by atoms with Gasteiger partial charge in [0.05, 0.1) is 18.0 Å². The van der Waals surface area contributed by atoms with E-state index in [1.54, 1.807) is 0 Å². The van der Waals surface area contributed by atoms with Crippen molar-refractivity contribution in [2.24, 2.45) is 0 Å². The molecule has 5 heteroatoms. The average Bonchev–Trinajstić information content (AvgIpc) is 2.86. The van der Waals surface area contributed by atoms with Crippen molar-refractivity contribution >= 4 is 38.9 Å². The van der Waals surface area contributed by atoms with Crippen molar-refractivity contribution in [2.45, 2.75) is 24.6 Å². The second kappa shape index (κ2) is 6.59. The topological polar surface area (TPSA) is 18.5 Å². The van der Waals surface area contributed by atoms with Crippen molar-refractivity contribution in [3.8, 4) is 11.5 Å². The van der Waals surface area contributed by atoms with Gasteiger partial charge in [-0.25, -0.2) is 0 Å². The molecule has 0 saturated carbocycles. The van der Waals surface area contributed by atoms with Gasteiger partial charge < -0.3 is 9.47 Å². The highest BCUT2D eigenvalue weighted by atomic mass is 79.9. The van der Waals surface area contributed by atoms with E-state index in [0.717, 1.165) is 29.9 Å². The number of alkyl halides is 1. The van der Waals surface area contributed by atoms with Crippen LogP contribution >= 0.6 is 38.9 Å². The zero-order valence-electron chi connectivity index (χ0n) is 11.7. The number of hydrogen-bond donors (Lipinski definition) is 0. The SMILES string of the molecule is CCc1ccc(C(Br)c2cc3c(cc2Cl)OCCCO3)s1. The second-order valence-corrected chi connectivity index (χ2v) is 7.41. The summed E-state index contributed by atoms with van der Waals surface area (Å²) in [6.45, 7) is 3.52. The molecule has 3 rings (SSSR count). The molecule has 2 aromatic rings. The van der Waals surface area contributed by atoms with Crippen molar-refractivity contribution < 1.29 is 9.47 Å². The van der Waals surface area contributed by atoms with E-state index in [2.05, 4.69) is 35.0 Å². The number of rotatable bonds is 3. The molecule has 0 fully saturated rings. The van der Waals surface area contributed by atoms with Gasteiger partial charge in [0, 0.05) is 27.3 Å². The lowest BCUT2D eigenvalue weighted by atomic mass is 10.1. The van der Waals surface area contributed by atoms with Crippen molar-refractivity contribution in [2.75, 3.05) is 13.2 Å². The fourth-order valence-corrected chi connectivity index (χ4v) is 4.42. The number of aryl methyl sites for hydroxylation is 1. The van der Waals surface area contributed by atoms with Crippen molar-refractivity contribution in [1.29, 1.82) is 0 Å². The molecule has 0 bridgehead atoms. The Morgan fingerprint density at radius 1 is 1.24 bits per heavy atom. The lowest BCUT2D eigenvalue weighted by molar-refractivity contribution is 0.297. The van der Waals surface area contributed by atoms with Gasteiger partial charge in [0.25, 0.3) is 0 Å². The van der Waals surface area contributed by atoms with Crippen molar-refractivity contribution in [3.63, 3.8) is 0 Å². The number of halogens is 2. The summed E-state index contributed by atoms with van der Waals surface area (Å²) in [6, 6.07) is 8.18. The first-order valence-electron chi connectivity index (χ1n) is 7.00. The molecule has 1 atom stereocenters. The molecule has 1 aliphatic heterocycles. The molecule has 0 amide bonds. The van der Waals surface area contributed by atoms with Crippen LogP contribution in [0.25, 0.3) is 0 Å². The Bertz CT molecular complexity index is 641. The van der Waals surface area contributed by atoms with E-state index in [-0.39, 0.29) is 4.83 Å². The maximum absolute atomic E-state index is 6.44. The van der Waals surface area contributed by atoms with E-state index >= 15 is 0 Å². The van der Waals surface area contributed by atoms with Gasteiger partial charge in [-0.2, -0.15) is 0 Å². The van der Waals surface area contributed by atoms with Crippen LogP contribution in [0.1, 0.15) is 33.5 Å². The van der Waals surface area contributed by atoms with Gasteiger partial charge >= 0.3 is 0 Å². The molecular formula is C16H16BrClO2S. The van der Waals surface area contributed by atoms with Crippen LogP contribution < -0.4 is 9.47 Å². The van der Waals surface area contributed by atoms with Crippen LogP contribution in [-0.4, -0.2) is 13.2 Å². The summed E-state index contributed by atoms with van der Waals surface area (Å²) in [6.07, 6.45) is 1.95. The van der Waals surface area contributed by atoms with E-state index in [0.29, 0.717) is 18.2 Å². The van der Waals surface area contributed by atoms with Crippen LogP contribution in [0.3, 0.4) is 0 Å². The number of fused-ring (bicyclic) bond motifs is 1. The highest BCUT2D eigenvalue weighted by Gasteiger charge is 2.20. The van der Waals surface area contributed by atoms with Gasteiger partial charge in [0.15, 0.2) is 11.5 Å². The summed E-state index contributed by atoms with van der Waals surface area (Å²) >= 11 is 12.0. The monoisotopic (exact) mass is 386 g/mol. The first kappa shape index (κ1) is 15.2. The lowest BCUT2D eigenvalue weighted by Crippen LogP contribution is -1.97. The molecule has 0 aliphatic carbocycles. The molecule has 112 valence electrons. The van der Waals surface area contributed by atoms with Crippen LogP contribution in [0.4, 0.5) is 0 Å². The van der Waals surface area contributed by atoms with E-state index in [9.17, 15) is 0 Å². The van der Waals surface area contributed by atoms with Crippen LogP contribution in [-0.2, 0) is 6.42 Å². The zero-order chi connectivity index (χ0) is 14.8. The van der Waals surface area contributed by atoms with E-state index in [1.165, 1.54) is 9.75 Å². The van der Waals surface area contributed by atoms with Crippen LogP contribution in [0.5, 0.6) is 11.5 Å². The molecule has 1 aliphatic rings. The molecule has 2 heterocycles. The summed E-state index contributed by atoms with van der Waals surface area (Å²) in [7, 11) is 0. The minimum atomic E-state index is 0.0763. The van der Waals surface area contributed by atoms with Gasteiger partial charge in [0.1, 0.15) is 0 Å². The molecule has 1 unspecified atom stereocenters. The highest BCUT2D eigenvalue weighted by Crippen LogP contribution is 2.43. The summed E-state index contributed by atoms with van der Waals surface area (Å²) in [5.41, 5.74) is 1.02. The Hall–Kier alpha value is -0.710. The fraction of sp³-hybridized carbons (Fsp3) is 0.375. The van der Waals surface area contributed by atoms with Gasteiger partial charge in [-0.1, -0.05) is 34.5 Å². The lowest BCUT2D eigenvalue weighted by Gasteiger charge is -2.14. The maximum Gasteiger partial charge on any atom is 0.162 e. The standard InChI is InChI=1S/C16H16BrClO2S/c1-2-10-4-5-15(21-10)16(17)11-8-13-14(9-12(11)18)20-7-3-6-19-13/h4-5,8-9,16H,2-3,6-7H2,1H3. The molecule has 1 aromatic heterocycles. The predicted octanol–water partition coefficient (Wildman–Crippen LogP) is 5.61. The third-order valence-electron chi connectivity index (χ3n) is 3.42. The second-order valence-electron chi connectivity index (χ2n) is 4.89. The first-order chi connectivity index (χ1) is 10.2. The van der Waals surface area contributed by atoms with E-state index in [1.807, 2.05) is 23.5 Å². The third-order valence-corrected chi connectivity index (χ3v) is 6.33. The molecule has 0 N–H and O–H groups in total. The molecular weight excluding hydrogens is 372 g/mol. The summed E-state index contributed by atoms with van der Waals surface area (Å²) in [5, 5.41) is 0.701. The molecule has 1 aromatic carbocycles. The van der Waals surface area contributed by atoms with Gasteiger partial charge in [-0.3, -0.25) is 0 Å². The van der Waals surface area contributed by atoms with Gasteiger partial charge in [-0.15, -0.1) is 11.3 Å². The summed E-state index contributed by atoms with van der Waals surface area (Å²) in [5.74, 6) is 1.52. The Balaban J connectivity index is 1.95. The molecule has 21 heavy (non-hydrogen) atoms. The summed E-state index contributed by atoms with van der Waals surface area (Å²) in [4.78, 5) is 2.70. The number of benzene rings is 1. The molecule has 2 nitrogen and oxygen atoms in total. The summed E-state index contributed by atoms with van der Waals surface area (Å²) < 4.78 is 11.4. The van der Waals surface area contributed by atoms with Crippen molar-refractivity contribution in [3.05, 3.63) is 44.6 Å². The van der Waals surface area contributed by atoms with Crippen LogP contribution in [0.2, 0.25) is 5.02 Å². The molecule has 0 saturated heterocycles. The Morgan fingerprint density at radius 2 is 1.95 bits per heavy atom. The fourth-order valence-electron chi connectivity index (χ4n) is 2.27. The Labute approximate surface area is 142 Å². The van der Waals surface area contributed by atoms with Gasteiger partial charge in [0.2, 0.25) is 0 Å². The predicted molar refractivity (Wildman–Crippen MR) is 91.5 cm³/mol. The Kier molecular flexibility index (Phi) is 4.77. The number of thiophene rings is 1. The van der Waals surface area contributed by atoms with Crippen LogP contribution in [0.15, 0.2) is 24.3 Å². The van der Waals surface area contributed by atoms with E-state index in [4.69, 9.17) is 21.1 Å². The Morgan fingerprint density at radius 3 is 2.62 bits per heavy atom. The highest BCUT2D eigenvalue weighted by molar-refractivity contribution is 9.09. The maximum atomic E-state index is 6.44. The third kappa shape index (κ3) is 3.22. The quantitative estimate of drug-likeness (QED) is 0.637. The molecule has 0 spiro atoms.